The number of aromatic nitrogens is 4. The molecule has 0 aliphatic carbocycles. The monoisotopic (exact) mass is 354 g/mol. The molecule has 6 heteroatoms. The highest BCUT2D eigenvalue weighted by Crippen LogP contribution is 2.26. The van der Waals surface area contributed by atoms with Gasteiger partial charge in [-0.3, -0.25) is 4.99 Å². The van der Waals surface area contributed by atoms with Crippen molar-refractivity contribution in [3.63, 3.8) is 0 Å². The molecule has 5 rings (SSSR count). The van der Waals surface area contributed by atoms with Gasteiger partial charge in [0.1, 0.15) is 22.7 Å². The summed E-state index contributed by atoms with van der Waals surface area (Å²) in [5.41, 5.74) is 5.96. The molecular weight excluding hydrogens is 336 g/mol. The first-order valence-electron chi connectivity index (χ1n) is 8.98. The van der Waals surface area contributed by atoms with Crippen LogP contribution in [0.4, 0.5) is 0 Å². The zero-order chi connectivity index (χ0) is 18.2. The van der Waals surface area contributed by atoms with Gasteiger partial charge in [-0.2, -0.15) is 5.10 Å². The van der Waals surface area contributed by atoms with E-state index in [2.05, 4.69) is 10.3 Å². The lowest BCUT2D eigenvalue weighted by molar-refractivity contribution is 0.878. The lowest BCUT2D eigenvalue weighted by Gasteiger charge is -2.10. The highest BCUT2D eigenvalue weighted by molar-refractivity contribution is 6.04. The Hall–Kier alpha value is -3.54. The molecule has 132 valence electrons. The van der Waals surface area contributed by atoms with Crippen LogP contribution in [0.2, 0.25) is 0 Å². The van der Waals surface area contributed by atoms with Crippen molar-refractivity contribution in [3.05, 3.63) is 72.1 Å². The smallest absolute Gasteiger partial charge is 0.182 e. The summed E-state index contributed by atoms with van der Waals surface area (Å²) in [5, 5.41) is 8.02. The van der Waals surface area contributed by atoms with Gasteiger partial charge in [-0.25, -0.2) is 14.6 Å². The Balaban J connectivity index is 1.81. The van der Waals surface area contributed by atoms with E-state index in [4.69, 9.17) is 15.1 Å². The van der Waals surface area contributed by atoms with Gasteiger partial charge in [0.15, 0.2) is 5.65 Å². The van der Waals surface area contributed by atoms with E-state index in [9.17, 15) is 0 Å². The maximum absolute atomic E-state index is 5.00. The molecule has 0 amide bonds. The van der Waals surface area contributed by atoms with Crippen LogP contribution in [-0.2, 0) is 0 Å². The predicted octanol–water partition coefficient (Wildman–Crippen LogP) is 3.14. The Morgan fingerprint density at radius 1 is 0.889 bits per heavy atom. The minimum Gasteiger partial charge on any atom is -0.367 e. The van der Waals surface area contributed by atoms with Crippen molar-refractivity contribution in [1.29, 1.82) is 0 Å². The molecule has 27 heavy (non-hydrogen) atoms. The van der Waals surface area contributed by atoms with Crippen LogP contribution < -0.4 is 5.32 Å². The van der Waals surface area contributed by atoms with Crippen molar-refractivity contribution >= 4 is 17.0 Å². The minimum atomic E-state index is 0.750. The molecule has 1 N–H and O–H groups in total. The number of hydrogen-bond donors (Lipinski definition) is 1. The lowest BCUT2D eigenvalue weighted by Crippen LogP contribution is -2.22. The molecule has 2 aromatic heterocycles. The zero-order valence-electron chi connectivity index (χ0n) is 14.9. The van der Waals surface area contributed by atoms with Gasteiger partial charge in [0.05, 0.1) is 17.9 Å². The molecule has 6 nitrogen and oxygen atoms in total. The first kappa shape index (κ1) is 15.7. The molecule has 0 bridgehead atoms. The number of hydrogen-bond acceptors (Lipinski definition) is 5. The van der Waals surface area contributed by atoms with E-state index >= 15 is 0 Å². The fraction of sp³-hybridized carbons (Fsp3) is 0.143. The number of amidine groups is 1. The second-order valence-corrected chi connectivity index (χ2v) is 6.45. The van der Waals surface area contributed by atoms with Crippen LogP contribution in [0.3, 0.4) is 0 Å². The number of nitrogens with zero attached hydrogens (tertiary/aromatic N) is 5. The maximum atomic E-state index is 5.00. The highest BCUT2D eigenvalue weighted by Gasteiger charge is 2.21. The van der Waals surface area contributed by atoms with Crippen molar-refractivity contribution in [2.24, 2.45) is 4.99 Å². The third-order valence-electron chi connectivity index (χ3n) is 4.62. The summed E-state index contributed by atoms with van der Waals surface area (Å²) in [6.45, 7) is 3.55. The first-order chi connectivity index (χ1) is 13.3. The van der Waals surface area contributed by atoms with E-state index < -0.39 is 0 Å². The number of rotatable bonds is 3. The summed E-state index contributed by atoms with van der Waals surface area (Å²) in [7, 11) is 0. The van der Waals surface area contributed by atoms with E-state index in [-0.39, 0.29) is 0 Å². The normalized spacial score (nSPS) is 13.6. The third-order valence-corrected chi connectivity index (χ3v) is 4.62. The topological polar surface area (TPSA) is 68.0 Å². The van der Waals surface area contributed by atoms with Gasteiger partial charge in [0, 0.05) is 12.1 Å². The third kappa shape index (κ3) is 2.66. The van der Waals surface area contributed by atoms with Crippen LogP contribution in [0, 0.1) is 6.92 Å². The molecule has 2 aromatic carbocycles. The van der Waals surface area contributed by atoms with Gasteiger partial charge < -0.3 is 5.32 Å². The molecule has 0 atom stereocenters. The van der Waals surface area contributed by atoms with Crippen molar-refractivity contribution in [3.8, 4) is 16.9 Å². The number of fused-ring (bicyclic) bond motifs is 1. The fourth-order valence-corrected chi connectivity index (χ4v) is 3.33. The molecule has 0 spiro atoms. The highest BCUT2D eigenvalue weighted by atomic mass is 15.3. The Morgan fingerprint density at radius 3 is 2.33 bits per heavy atom. The van der Waals surface area contributed by atoms with Gasteiger partial charge in [-0.1, -0.05) is 48.5 Å². The SMILES string of the molecule is Cc1nn(-c2ccccc2)c2nc(-c3ccccc3)c(C3=NCCN3)nc12. The summed E-state index contributed by atoms with van der Waals surface area (Å²) in [5.74, 6) is 0.801. The average molecular weight is 354 g/mol. The maximum Gasteiger partial charge on any atom is 0.182 e. The van der Waals surface area contributed by atoms with E-state index in [1.54, 1.807) is 0 Å². The molecule has 3 heterocycles. The Morgan fingerprint density at radius 2 is 1.63 bits per heavy atom. The largest absolute Gasteiger partial charge is 0.367 e. The van der Waals surface area contributed by atoms with E-state index in [1.807, 2.05) is 72.3 Å². The molecular formula is C21H18N6. The van der Waals surface area contributed by atoms with E-state index in [0.717, 1.165) is 58.4 Å². The number of para-hydroxylation sites is 1. The van der Waals surface area contributed by atoms with Gasteiger partial charge in [0.2, 0.25) is 0 Å². The van der Waals surface area contributed by atoms with Crippen LogP contribution in [0.1, 0.15) is 11.4 Å². The van der Waals surface area contributed by atoms with Gasteiger partial charge in [-0.15, -0.1) is 0 Å². The van der Waals surface area contributed by atoms with Gasteiger partial charge in [0.25, 0.3) is 0 Å². The van der Waals surface area contributed by atoms with Crippen molar-refractivity contribution < 1.29 is 0 Å². The summed E-state index contributed by atoms with van der Waals surface area (Å²) < 4.78 is 1.86. The molecule has 1 aliphatic rings. The van der Waals surface area contributed by atoms with Crippen LogP contribution >= 0.6 is 0 Å². The molecule has 0 unspecified atom stereocenters. The van der Waals surface area contributed by atoms with Crippen LogP contribution in [0.15, 0.2) is 65.7 Å². The van der Waals surface area contributed by atoms with Crippen molar-refractivity contribution in [2.45, 2.75) is 6.92 Å². The number of aliphatic imine (C=N–C) groups is 1. The number of nitrogens with one attached hydrogen (secondary N) is 1. The number of benzene rings is 2. The Labute approximate surface area is 156 Å². The standard InChI is InChI=1S/C21H18N6/c1-14-17-21(27(26-14)16-10-6-3-7-11-16)25-18(15-8-4-2-5-9-15)19(24-17)20-22-12-13-23-20/h2-11H,12-13H2,1H3,(H,22,23). The Kier molecular flexibility index (Phi) is 3.67. The summed E-state index contributed by atoms with van der Waals surface area (Å²) in [4.78, 5) is 14.5. The number of aryl methyl sites for hydroxylation is 1. The average Bonchev–Trinajstić information content (AvgIpc) is 3.37. The fourth-order valence-electron chi connectivity index (χ4n) is 3.33. The molecule has 0 fully saturated rings. The second kappa shape index (κ2) is 6.32. The van der Waals surface area contributed by atoms with Crippen LogP contribution in [0.5, 0.6) is 0 Å². The van der Waals surface area contributed by atoms with Gasteiger partial charge >= 0.3 is 0 Å². The predicted molar refractivity (Wildman–Crippen MR) is 106 cm³/mol. The summed E-state index contributed by atoms with van der Waals surface area (Å²) in [6.07, 6.45) is 0. The van der Waals surface area contributed by atoms with Crippen molar-refractivity contribution in [2.75, 3.05) is 13.1 Å². The van der Waals surface area contributed by atoms with Crippen LogP contribution in [-0.4, -0.2) is 38.7 Å². The molecule has 1 aliphatic heterocycles. The second-order valence-electron chi connectivity index (χ2n) is 6.45. The van der Waals surface area contributed by atoms with Crippen LogP contribution in [0.25, 0.3) is 28.1 Å². The van der Waals surface area contributed by atoms with E-state index in [0.29, 0.717) is 0 Å². The summed E-state index contributed by atoms with van der Waals surface area (Å²) >= 11 is 0. The first-order valence-corrected chi connectivity index (χ1v) is 8.98. The lowest BCUT2D eigenvalue weighted by atomic mass is 10.1. The molecule has 0 radical (unpaired) electrons. The minimum absolute atomic E-state index is 0.750. The van der Waals surface area contributed by atoms with Gasteiger partial charge in [-0.05, 0) is 19.1 Å². The molecule has 0 saturated carbocycles. The van der Waals surface area contributed by atoms with Crippen molar-refractivity contribution in [1.82, 2.24) is 25.1 Å². The molecule has 0 saturated heterocycles. The van der Waals surface area contributed by atoms with E-state index in [1.165, 1.54) is 0 Å². The quantitative estimate of drug-likeness (QED) is 0.614. The Bertz CT molecular complexity index is 1150. The summed E-state index contributed by atoms with van der Waals surface area (Å²) in [6, 6.07) is 20.1. The zero-order valence-corrected chi connectivity index (χ0v) is 14.9. The molecule has 4 aromatic rings.